The zero-order valence-corrected chi connectivity index (χ0v) is 13.6. The normalized spacial score (nSPS) is 15.0. The molecular weight excluding hydrogens is 345 g/mol. The van der Waals surface area contributed by atoms with Gasteiger partial charge in [0.05, 0.1) is 18.2 Å². The van der Waals surface area contributed by atoms with E-state index in [1.54, 1.807) is 24.3 Å². The van der Waals surface area contributed by atoms with Crippen molar-refractivity contribution in [1.82, 2.24) is 10.2 Å². The van der Waals surface area contributed by atoms with Gasteiger partial charge in [0.25, 0.3) is 0 Å². The van der Waals surface area contributed by atoms with E-state index in [-0.39, 0.29) is 31.5 Å². The minimum absolute atomic E-state index is 0.0369. The summed E-state index contributed by atoms with van der Waals surface area (Å²) in [5.41, 5.74) is 1.43. The van der Waals surface area contributed by atoms with Crippen LogP contribution in [0, 0.1) is 0 Å². The molecule has 0 aromatic heterocycles. The molecule has 1 fully saturated rings. The molecule has 0 bridgehead atoms. The fourth-order valence-corrected chi connectivity index (χ4v) is 2.91. The first kappa shape index (κ1) is 18.6. The van der Waals surface area contributed by atoms with Crippen molar-refractivity contribution in [2.75, 3.05) is 24.8 Å². The standard InChI is InChI=1S/C15H17F3N2O3S/c16-15(17,18)9-23-7-12-3-1-11(2-4-12)5-19-13(21)6-20-10-24-8-14(20)22/h1-4H,5-10H2,(H,19,21). The van der Waals surface area contributed by atoms with Gasteiger partial charge in [-0.2, -0.15) is 13.2 Å². The summed E-state index contributed by atoms with van der Waals surface area (Å²) in [6.45, 7) is -1.08. The van der Waals surface area contributed by atoms with Crippen LogP contribution in [-0.2, 0) is 27.5 Å². The molecular formula is C15H17F3N2O3S. The number of rotatable bonds is 7. The number of nitrogens with one attached hydrogen (secondary N) is 1. The average Bonchev–Trinajstić information content (AvgIpc) is 2.90. The largest absolute Gasteiger partial charge is 0.411 e. The molecule has 1 aromatic carbocycles. The van der Waals surface area contributed by atoms with Gasteiger partial charge < -0.3 is 15.0 Å². The van der Waals surface area contributed by atoms with Crippen molar-refractivity contribution < 1.29 is 27.5 Å². The molecule has 1 heterocycles. The monoisotopic (exact) mass is 362 g/mol. The van der Waals surface area contributed by atoms with Gasteiger partial charge in [-0.15, -0.1) is 11.8 Å². The Kier molecular flexibility index (Phi) is 6.50. The van der Waals surface area contributed by atoms with Gasteiger partial charge in [0, 0.05) is 6.54 Å². The fraction of sp³-hybridized carbons (Fsp3) is 0.467. The van der Waals surface area contributed by atoms with E-state index in [2.05, 4.69) is 10.1 Å². The van der Waals surface area contributed by atoms with Gasteiger partial charge >= 0.3 is 6.18 Å². The first-order valence-corrected chi connectivity index (χ1v) is 8.33. The van der Waals surface area contributed by atoms with Crippen molar-refractivity contribution in [3.05, 3.63) is 35.4 Å². The number of nitrogens with zero attached hydrogens (tertiary/aromatic N) is 1. The van der Waals surface area contributed by atoms with Crippen molar-refractivity contribution in [2.45, 2.75) is 19.3 Å². The third kappa shape index (κ3) is 6.40. The Hall–Kier alpha value is -1.74. The molecule has 1 aliphatic heterocycles. The molecule has 9 heteroatoms. The lowest BCUT2D eigenvalue weighted by molar-refractivity contribution is -0.176. The maximum Gasteiger partial charge on any atom is 0.411 e. The summed E-state index contributed by atoms with van der Waals surface area (Å²) in [4.78, 5) is 24.7. The second-order valence-electron chi connectivity index (χ2n) is 5.27. The van der Waals surface area contributed by atoms with Gasteiger partial charge in [0.15, 0.2) is 0 Å². The number of halogens is 3. The number of carbonyl (C=O) groups excluding carboxylic acids is 2. The maximum absolute atomic E-state index is 12.0. The number of amides is 2. The molecule has 0 atom stereocenters. The number of hydrogen-bond acceptors (Lipinski definition) is 4. The molecule has 0 aliphatic carbocycles. The number of thioether (sulfide) groups is 1. The highest BCUT2D eigenvalue weighted by molar-refractivity contribution is 8.00. The highest BCUT2D eigenvalue weighted by Gasteiger charge is 2.27. The molecule has 5 nitrogen and oxygen atoms in total. The molecule has 0 spiro atoms. The lowest BCUT2D eigenvalue weighted by Gasteiger charge is -2.14. The van der Waals surface area contributed by atoms with Gasteiger partial charge in [-0.05, 0) is 11.1 Å². The topological polar surface area (TPSA) is 58.6 Å². The molecule has 24 heavy (non-hydrogen) atoms. The van der Waals surface area contributed by atoms with Crippen molar-refractivity contribution in [2.24, 2.45) is 0 Å². The Morgan fingerprint density at radius 1 is 1.25 bits per heavy atom. The van der Waals surface area contributed by atoms with Crippen LogP contribution in [0.25, 0.3) is 0 Å². The lowest BCUT2D eigenvalue weighted by atomic mass is 10.1. The van der Waals surface area contributed by atoms with Crippen molar-refractivity contribution >= 4 is 23.6 Å². The molecule has 1 aromatic rings. The minimum atomic E-state index is -4.33. The molecule has 1 N–H and O–H groups in total. The highest BCUT2D eigenvalue weighted by Crippen LogP contribution is 2.16. The van der Waals surface area contributed by atoms with E-state index in [1.807, 2.05) is 0 Å². The van der Waals surface area contributed by atoms with Crippen LogP contribution in [0.5, 0.6) is 0 Å². The summed E-state index contributed by atoms with van der Waals surface area (Å²) in [6.07, 6.45) is -4.33. The summed E-state index contributed by atoms with van der Waals surface area (Å²) >= 11 is 1.47. The van der Waals surface area contributed by atoms with Gasteiger partial charge in [-0.3, -0.25) is 9.59 Å². The Morgan fingerprint density at radius 3 is 2.50 bits per heavy atom. The highest BCUT2D eigenvalue weighted by atomic mass is 32.2. The smallest absolute Gasteiger partial charge is 0.367 e. The fourth-order valence-electron chi connectivity index (χ4n) is 2.01. The summed E-state index contributed by atoms with van der Waals surface area (Å²) in [7, 11) is 0. The van der Waals surface area contributed by atoms with Gasteiger partial charge in [0.2, 0.25) is 11.8 Å². The molecule has 0 radical (unpaired) electrons. The summed E-state index contributed by atoms with van der Waals surface area (Å²) in [5.74, 6) is 0.645. The molecule has 0 unspecified atom stereocenters. The Balaban J connectivity index is 1.71. The van der Waals surface area contributed by atoms with Crippen LogP contribution in [0.4, 0.5) is 13.2 Å². The summed E-state index contributed by atoms with van der Waals surface area (Å²) < 4.78 is 40.5. The quantitative estimate of drug-likeness (QED) is 0.805. The van der Waals surface area contributed by atoms with Crippen LogP contribution in [0.3, 0.4) is 0 Å². The van der Waals surface area contributed by atoms with Crippen molar-refractivity contribution in [1.29, 1.82) is 0 Å². The van der Waals surface area contributed by atoms with E-state index in [1.165, 1.54) is 16.7 Å². The molecule has 0 saturated carbocycles. The third-order valence-electron chi connectivity index (χ3n) is 3.21. The number of benzene rings is 1. The van der Waals surface area contributed by atoms with Crippen LogP contribution in [0.1, 0.15) is 11.1 Å². The number of alkyl halides is 3. The van der Waals surface area contributed by atoms with Crippen molar-refractivity contribution in [3.8, 4) is 0 Å². The van der Waals surface area contributed by atoms with E-state index >= 15 is 0 Å². The second kappa shape index (κ2) is 8.39. The maximum atomic E-state index is 12.0. The van der Waals surface area contributed by atoms with E-state index in [0.717, 1.165) is 5.56 Å². The zero-order chi connectivity index (χ0) is 17.6. The van der Waals surface area contributed by atoms with E-state index in [0.29, 0.717) is 17.2 Å². The molecule has 132 valence electrons. The summed E-state index contributed by atoms with van der Waals surface area (Å²) in [5, 5.41) is 2.71. The summed E-state index contributed by atoms with van der Waals surface area (Å²) in [6, 6.07) is 6.73. The first-order valence-electron chi connectivity index (χ1n) is 7.18. The third-order valence-corrected chi connectivity index (χ3v) is 4.15. The van der Waals surface area contributed by atoms with Gasteiger partial charge in [0.1, 0.15) is 13.2 Å². The SMILES string of the molecule is O=C(CN1CSCC1=O)NCc1ccc(COCC(F)(F)F)cc1. The minimum Gasteiger partial charge on any atom is -0.367 e. The number of carbonyl (C=O) groups is 2. The Bertz CT molecular complexity index is 578. The number of ether oxygens (including phenoxy) is 1. The van der Waals surface area contributed by atoms with Crippen LogP contribution >= 0.6 is 11.8 Å². The predicted molar refractivity (Wildman–Crippen MR) is 83.0 cm³/mol. The van der Waals surface area contributed by atoms with Gasteiger partial charge in [-0.1, -0.05) is 24.3 Å². The van der Waals surface area contributed by atoms with Gasteiger partial charge in [-0.25, -0.2) is 0 Å². The van der Waals surface area contributed by atoms with Crippen LogP contribution in [0.2, 0.25) is 0 Å². The van der Waals surface area contributed by atoms with E-state index < -0.39 is 12.8 Å². The van der Waals surface area contributed by atoms with E-state index in [9.17, 15) is 22.8 Å². The first-order chi connectivity index (χ1) is 11.3. The van der Waals surface area contributed by atoms with Crippen LogP contribution in [0.15, 0.2) is 24.3 Å². The second-order valence-corrected chi connectivity index (χ2v) is 6.23. The average molecular weight is 362 g/mol. The lowest BCUT2D eigenvalue weighted by Crippen LogP contribution is -2.37. The Morgan fingerprint density at radius 2 is 1.92 bits per heavy atom. The molecule has 2 rings (SSSR count). The molecule has 1 saturated heterocycles. The number of hydrogen-bond donors (Lipinski definition) is 1. The molecule has 1 aliphatic rings. The van der Waals surface area contributed by atoms with Crippen LogP contribution in [-0.4, -0.2) is 47.7 Å². The predicted octanol–water partition coefficient (Wildman–Crippen LogP) is 1.91. The Labute approximate surface area is 141 Å². The zero-order valence-electron chi connectivity index (χ0n) is 12.8. The van der Waals surface area contributed by atoms with Crippen molar-refractivity contribution in [3.63, 3.8) is 0 Å². The van der Waals surface area contributed by atoms with E-state index in [4.69, 9.17) is 0 Å². The van der Waals surface area contributed by atoms with Crippen LogP contribution < -0.4 is 5.32 Å². The molecule has 2 amide bonds.